The van der Waals surface area contributed by atoms with E-state index in [0.29, 0.717) is 23.3 Å². The van der Waals surface area contributed by atoms with E-state index in [9.17, 15) is 40.7 Å². The molecule has 1 aliphatic heterocycles. The fourth-order valence-corrected chi connectivity index (χ4v) is 3.60. The van der Waals surface area contributed by atoms with Gasteiger partial charge in [0.15, 0.2) is 5.82 Å². The predicted molar refractivity (Wildman–Crippen MR) is 138 cm³/mol. The summed E-state index contributed by atoms with van der Waals surface area (Å²) in [6.45, 7) is 0.315. The van der Waals surface area contributed by atoms with Crippen LogP contribution in [0.2, 0.25) is 5.02 Å². The molecule has 0 spiro atoms. The van der Waals surface area contributed by atoms with E-state index in [-0.39, 0.29) is 12.3 Å². The second-order valence-corrected chi connectivity index (χ2v) is 8.86. The molecule has 0 aliphatic carbocycles. The molecule has 2 heterocycles. The lowest BCUT2D eigenvalue weighted by molar-refractivity contribution is -0.193. The molecule has 16 heteroatoms. The van der Waals surface area contributed by atoms with E-state index >= 15 is 0 Å². The molecule has 0 saturated carbocycles. The minimum atomic E-state index is -5.77. The van der Waals surface area contributed by atoms with Gasteiger partial charge in [0.25, 0.3) is 0 Å². The number of carbonyl (C=O) groups is 3. The number of benzene rings is 2. The summed E-state index contributed by atoms with van der Waals surface area (Å²) < 4.78 is 67.0. The summed E-state index contributed by atoms with van der Waals surface area (Å²) in [5.41, 5.74) is 10.2. The van der Waals surface area contributed by atoms with E-state index in [0.717, 1.165) is 35.5 Å². The maximum Gasteiger partial charge on any atom is 0.458 e. The van der Waals surface area contributed by atoms with Crippen LogP contribution in [0.3, 0.4) is 0 Å². The molecule has 41 heavy (non-hydrogen) atoms. The number of aryl methyl sites for hydroxylation is 2. The van der Waals surface area contributed by atoms with Crippen molar-refractivity contribution in [3.05, 3.63) is 64.8 Å². The molecule has 4 rings (SSSR count). The van der Waals surface area contributed by atoms with E-state index in [2.05, 4.69) is 38.1 Å². The normalized spacial score (nSPS) is 12.6. The SMILES string of the molecule is NCCC(=O)Nc1ccc2cc1CCc1cccc(c1)Nc1ncc(Cl)c(n1)N2.O=C(C(=O)C(F)(F)F)C(F)(F)F. The monoisotopic (exact) mass is 602 g/mol. The van der Waals surface area contributed by atoms with Crippen LogP contribution in [-0.4, -0.2) is 46.3 Å². The van der Waals surface area contributed by atoms with Crippen LogP contribution < -0.4 is 21.7 Å². The average molecular weight is 603 g/mol. The maximum atomic E-state index is 12.1. The van der Waals surface area contributed by atoms with Gasteiger partial charge in [0.1, 0.15) is 5.02 Å². The Hall–Kier alpha value is -4.24. The zero-order valence-corrected chi connectivity index (χ0v) is 21.5. The first-order valence-electron chi connectivity index (χ1n) is 11.7. The van der Waals surface area contributed by atoms with E-state index < -0.39 is 23.9 Å². The summed E-state index contributed by atoms with van der Waals surface area (Å²) in [6, 6.07) is 13.9. The van der Waals surface area contributed by atoms with Crippen molar-refractivity contribution in [3.8, 4) is 0 Å². The number of alkyl halides is 6. The molecule has 5 N–H and O–H groups in total. The fourth-order valence-electron chi connectivity index (χ4n) is 3.47. The molecule has 0 saturated heterocycles. The third-order valence-corrected chi connectivity index (χ3v) is 5.62. The van der Waals surface area contributed by atoms with Crippen molar-refractivity contribution in [2.45, 2.75) is 31.6 Å². The highest BCUT2D eigenvalue weighted by atomic mass is 35.5. The minimum Gasteiger partial charge on any atom is -0.339 e. The Labute approximate surface area is 233 Å². The summed E-state index contributed by atoms with van der Waals surface area (Å²) >= 11 is 6.28. The topological polar surface area (TPSA) is 139 Å². The van der Waals surface area contributed by atoms with Gasteiger partial charge in [0.05, 0.1) is 6.20 Å². The number of hydrogen-bond donors (Lipinski definition) is 4. The van der Waals surface area contributed by atoms with Crippen molar-refractivity contribution < 1.29 is 40.7 Å². The third-order valence-electron chi connectivity index (χ3n) is 5.34. The number of fused-ring (bicyclic) bond motifs is 6. The lowest BCUT2D eigenvalue weighted by Crippen LogP contribution is -2.39. The Kier molecular flexibility index (Phi) is 9.88. The Bertz CT molecular complexity index is 1420. The van der Waals surface area contributed by atoms with Gasteiger partial charge in [0, 0.05) is 30.0 Å². The molecular formula is C25H21ClF6N6O3. The van der Waals surface area contributed by atoms with Crippen molar-refractivity contribution in [2.24, 2.45) is 5.73 Å². The number of aromatic nitrogens is 2. The number of ketones is 2. The molecule has 0 radical (unpaired) electrons. The molecule has 0 fully saturated rings. The van der Waals surface area contributed by atoms with Crippen molar-refractivity contribution in [1.82, 2.24) is 9.97 Å². The van der Waals surface area contributed by atoms with Crippen LogP contribution in [0.4, 0.5) is 55.2 Å². The van der Waals surface area contributed by atoms with Crippen molar-refractivity contribution >= 4 is 57.9 Å². The molecule has 1 aromatic heterocycles. The van der Waals surface area contributed by atoms with E-state index in [1.165, 1.54) is 5.56 Å². The largest absolute Gasteiger partial charge is 0.458 e. The molecule has 2 aromatic carbocycles. The molecule has 9 nitrogen and oxygen atoms in total. The zero-order chi connectivity index (χ0) is 30.4. The molecule has 3 aromatic rings. The van der Waals surface area contributed by atoms with Crippen LogP contribution in [0.15, 0.2) is 48.7 Å². The quantitative estimate of drug-likeness (QED) is 0.235. The molecule has 6 bridgehead atoms. The van der Waals surface area contributed by atoms with Crippen LogP contribution in [0.25, 0.3) is 0 Å². The number of Topliss-reactive ketones (excluding diaryl/α,β-unsaturated/α-hetero) is 2. The number of nitrogens with two attached hydrogens (primary N) is 1. The van der Waals surface area contributed by atoms with Crippen molar-refractivity contribution in [2.75, 3.05) is 22.5 Å². The van der Waals surface area contributed by atoms with Crippen LogP contribution in [0.1, 0.15) is 17.5 Å². The standard InChI is InChI=1S/C21H21ClN6O.C4F6O2/c22-17-12-24-21-26-15-3-1-2-13(10-15)4-5-14-11-16(25-20(17)28-21)6-7-18(14)27-19(29)8-9-23;5-3(6,7)1(11)2(12)4(8,9)10/h1-3,6-7,10-12H,4-5,8-9,23H2,(H,27,29)(H2,24,25,26,28);. The predicted octanol–water partition coefficient (Wildman–Crippen LogP) is 5.25. The summed E-state index contributed by atoms with van der Waals surface area (Å²) in [5, 5.41) is 9.85. The molecule has 0 atom stereocenters. The average Bonchev–Trinajstić information content (AvgIpc) is 2.89. The van der Waals surface area contributed by atoms with E-state index in [1.807, 2.05) is 30.3 Å². The second-order valence-electron chi connectivity index (χ2n) is 8.45. The lowest BCUT2D eigenvalue weighted by atomic mass is 10.0. The van der Waals surface area contributed by atoms with Crippen LogP contribution >= 0.6 is 11.6 Å². The number of hydrogen-bond acceptors (Lipinski definition) is 8. The van der Waals surface area contributed by atoms with Gasteiger partial charge in [-0.15, -0.1) is 0 Å². The number of halogens is 7. The number of amides is 1. The van der Waals surface area contributed by atoms with Gasteiger partial charge in [-0.2, -0.15) is 31.3 Å². The minimum absolute atomic E-state index is 0.0953. The number of nitrogens with one attached hydrogen (secondary N) is 3. The van der Waals surface area contributed by atoms with Gasteiger partial charge in [-0.05, 0) is 54.3 Å². The van der Waals surface area contributed by atoms with Gasteiger partial charge in [0.2, 0.25) is 11.9 Å². The highest BCUT2D eigenvalue weighted by molar-refractivity contribution is 6.41. The fraction of sp³-hybridized carbons (Fsp3) is 0.240. The third kappa shape index (κ3) is 8.88. The molecule has 0 unspecified atom stereocenters. The number of nitrogens with zero attached hydrogens (tertiary/aromatic N) is 2. The summed E-state index contributed by atoms with van der Waals surface area (Å²) in [6.07, 6.45) is -8.12. The Balaban J connectivity index is 0.000000327. The van der Waals surface area contributed by atoms with E-state index in [1.54, 1.807) is 6.20 Å². The molecular weight excluding hydrogens is 582 g/mol. The number of rotatable bonds is 4. The van der Waals surface area contributed by atoms with Crippen molar-refractivity contribution in [3.63, 3.8) is 0 Å². The second kappa shape index (κ2) is 13.0. The van der Waals surface area contributed by atoms with Gasteiger partial charge >= 0.3 is 23.9 Å². The van der Waals surface area contributed by atoms with Crippen LogP contribution in [-0.2, 0) is 27.2 Å². The number of carbonyl (C=O) groups excluding carboxylic acids is 3. The highest BCUT2D eigenvalue weighted by Gasteiger charge is 2.54. The summed E-state index contributed by atoms with van der Waals surface area (Å²) in [5.74, 6) is -5.95. The Morgan fingerprint density at radius 3 is 2.22 bits per heavy atom. The number of anilines is 5. The highest BCUT2D eigenvalue weighted by Crippen LogP contribution is 2.29. The first-order chi connectivity index (χ1) is 19.2. The van der Waals surface area contributed by atoms with Gasteiger partial charge < -0.3 is 21.7 Å². The Morgan fingerprint density at radius 2 is 1.59 bits per heavy atom. The first-order valence-corrected chi connectivity index (χ1v) is 12.1. The first kappa shape index (κ1) is 31.3. The molecule has 1 aliphatic rings. The molecule has 1 amide bonds. The van der Waals surface area contributed by atoms with Gasteiger partial charge in [-0.3, -0.25) is 14.4 Å². The Morgan fingerprint density at radius 1 is 0.927 bits per heavy atom. The van der Waals surface area contributed by atoms with Gasteiger partial charge in [-0.1, -0.05) is 23.7 Å². The lowest BCUT2D eigenvalue weighted by Gasteiger charge is -2.14. The maximum absolute atomic E-state index is 12.1. The smallest absolute Gasteiger partial charge is 0.339 e. The van der Waals surface area contributed by atoms with Crippen molar-refractivity contribution in [1.29, 1.82) is 0 Å². The van der Waals surface area contributed by atoms with Crippen LogP contribution in [0, 0.1) is 0 Å². The molecule has 218 valence electrons. The summed E-state index contributed by atoms with van der Waals surface area (Å²) in [7, 11) is 0. The van der Waals surface area contributed by atoms with Crippen LogP contribution in [0.5, 0.6) is 0 Å². The van der Waals surface area contributed by atoms with E-state index in [4.69, 9.17) is 17.3 Å². The summed E-state index contributed by atoms with van der Waals surface area (Å²) in [4.78, 5) is 40.0. The zero-order valence-electron chi connectivity index (χ0n) is 20.8. The van der Waals surface area contributed by atoms with Gasteiger partial charge in [-0.25, -0.2) is 4.98 Å².